The Bertz CT molecular complexity index is 923. The first-order chi connectivity index (χ1) is 10.3. The van der Waals surface area contributed by atoms with Gasteiger partial charge in [-0.2, -0.15) is 8.75 Å². The minimum atomic E-state index is 0.919. The van der Waals surface area contributed by atoms with Crippen molar-refractivity contribution in [1.29, 1.82) is 0 Å². The first-order valence-corrected chi connectivity index (χ1v) is 7.37. The number of hydrogen-bond donors (Lipinski definition) is 1. The van der Waals surface area contributed by atoms with Gasteiger partial charge < -0.3 is 4.98 Å². The van der Waals surface area contributed by atoms with Gasteiger partial charge in [-0.25, -0.2) is 4.98 Å². The van der Waals surface area contributed by atoms with Crippen LogP contribution < -0.4 is 0 Å². The second-order valence-electron chi connectivity index (χ2n) is 4.96. The third-order valence-corrected chi connectivity index (χ3v) is 4.03. The minimum absolute atomic E-state index is 0.919. The monoisotopic (exact) mass is 292 g/mol. The molecule has 102 valence electrons. The van der Waals surface area contributed by atoms with Crippen molar-refractivity contribution in [2.45, 2.75) is 6.92 Å². The quantitative estimate of drug-likeness (QED) is 0.606. The van der Waals surface area contributed by atoms with Crippen LogP contribution in [0.3, 0.4) is 0 Å². The van der Waals surface area contributed by atoms with Gasteiger partial charge in [0.05, 0.1) is 29.4 Å². The largest absolute Gasteiger partial charge is 0.344 e. The normalized spacial score (nSPS) is 11.1. The molecule has 5 heteroatoms. The zero-order valence-electron chi connectivity index (χ0n) is 11.4. The van der Waals surface area contributed by atoms with Gasteiger partial charge in [-0.1, -0.05) is 29.8 Å². The second kappa shape index (κ2) is 4.79. The molecule has 0 unspecified atom stereocenters. The minimum Gasteiger partial charge on any atom is -0.344 e. The molecular formula is C16H12N4S. The Hall–Kier alpha value is -2.53. The van der Waals surface area contributed by atoms with E-state index in [2.05, 4.69) is 56.0 Å². The molecular weight excluding hydrogens is 280 g/mol. The Balaban J connectivity index is 1.88. The number of nitrogens with zero attached hydrogens (tertiary/aromatic N) is 3. The fourth-order valence-corrected chi connectivity index (χ4v) is 2.98. The van der Waals surface area contributed by atoms with Gasteiger partial charge in [0.2, 0.25) is 0 Å². The number of benzene rings is 2. The van der Waals surface area contributed by atoms with Crippen LogP contribution in [0.4, 0.5) is 0 Å². The molecule has 0 amide bonds. The maximum atomic E-state index is 4.48. The van der Waals surface area contributed by atoms with Crippen LogP contribution in [0, 0.1) is 6.92 Å². The van der Waals surface area contributed by atoms with E-state index in [1.165, 1.54) is 17.3 Å². The lowest BCUT2D eigenvalue weighted by molar-refractivity contribution is 1.31. The summed E-state index contributed by atoms with van der Waals surface area (Å²) in [7, 11) is 0. The Morgan fingerprint density at radius 2 is 1.86 bits per heavy atom. The van der Waals surface area contributed by atoms with E-state index in [4.69, 9.17) is 0 Å². The molecule has 1 N–H and O–H groups in total. The van der Waals surface area contributed by atoms with Crippen LogP contribution in [-0.2, 0) is 0 Å². The molecule has 0 aliphatic heterocycles. The molecule has 0 bridgehead atoms. The number of aromatic nitrogens is 4. The zero-order valence-corrected chi connectivity index (χ0v) is 12.2. The lowest BCUT2D eigenvalue weighted by atomic mass is 10.0. The van der Waals surface area contributed by atoms with Crippen LogP contribution in [0.25, 0.3) is 33.5 Å². The number of H-pyrrole nitrogens is 1. The number of hydrogen-bond acceptors (Lipinski definition) is 4. The number of fused-ring (bicyclic) bond motifs is 1. The number of imidazole rings is 1. The molecule has 0 aliphatic rings. The summed E-state index contributed by atoms with van der Waals surface area (Å²) in [5.74, 6) is 0. The molecule has 2 heterocycles. The molecule has 4 rings (SSSR count). The van der Waals surface area contributed by atoms with E-state index in [-0.39, 0.29) is 0 Å². The van der Waals surface area contributed by atoms with Gasteiger partial charge in [-0.3, -0.25) is 0 Å². The van der Waals surface area contributed by atoms with Gasteiger partial charge >= 0.3 is 0 Å². The average Bonchev–Trinajstić information content (AvgIpc) is 3.15. The molecule has 0 aliphatic carbocycles. The lowest BCUT2D eigenvalue weighted by Crippen LogP contribution is -1.85. The lowest BCUT2D eigenvalue weighted by Gasteiger charge is -2.04. The molecule has 2 aromatic heterocycles. The molecule has 0 saturated heterocycles. The van der Waals surface area contributed by atoms with Crippen molar-refractivity contribution in [2.75, 3.05) is 0 Å². The van der Waals surface area contributed by atoms with Crippen molar-refractivity contribution in [3.8, 4) is 22.5 Å². The predicted octanol–water partition coefficient (Wildman–Crippen LogP) is 4.06. The van der Waals surface area contributed by atoms with Crippen molar-refractivity contribution in [3.63, 3.8) is 0 Å². The van der Waals surface area contributed by atoms with Crippen LogP contribution in [0.5, 0.6) is 0 Å². The third kappa shape index (κ3) is 2.11. The van der Waals surface area contributed by atoms with E-state index in [0.29, 0.717) is 0 Å². The number of rotatable bonds is 2. The van der Waals surface area contributed by atoms with Crippen LogP contribution in [0.2, 0.25) is 0 Å². The fourth-order valence-electron chi connectivity index (χ4n) is 2.46. The van der Waals surface area contributed by atoms with E-state index >= 15 is 0 Å². The summed E-state index contributed by atoms with van der Waals surface area (Å²) >= 11 is 1.24. The molecule has 21 heavy (non-hydrogen) atoms. The summed E-state index contributed by atoms with van der Waals surface area (Å²) in [5.41, 5.74) is 7.23. The highest BCUT2D eigenvalue weighted by Gasteiger charge is 2.11. The average molecular weight is 292 g/mol. The van der Waals surface area contributed by atoms with Gasteiger partial charge in [0.1, 0.15) is 11.0 Å². The second-order valence-corrected chi connectivity index (χ2v) is 5.49. The highest BCUT2D eigenvalue weighted by molar-refractivity contribution is 7.00. The van der Waals surface area contributed by atoms with Gasteiger partial charge in [0, 0.05) is 11.1 Å². The predicted molar refractivity (Wildman–Crippen MR) is 85.2 cm³/mol. The van der Waals surface area contributed by atoms with Crippen molar-refractivity contribution >= 4 is 22.8 Å². The van der Waals surface area contributed by atoms with Crippen LogP contribution >= 0.6 is 11.7 Å². The first-order valence-electron chi connectivity index (χ1n) is 6.64. The highest BCUT2D eigenvalue weighted by Crippen LogP contribution is 2.30. The molecule has 4 aromatic rings. The topological polar surface area (TPSA) is 54.5 Å². The van der Waals surface area contributed by atoms with Gasteiger partial charge in [0.15, 0.2) is 0 Å². The number of nitrogens with one attached hydrogen (secondary N) is 1. The van der Waals surface area contributed by atoms with E-state index in [9.17, 15) is 0 Å². The van der Waals surface area contributed by atoms with E-state index in [1.54, 1.807) is 6.33 Å². The Morgan fingerprint density at radius 3 is 2.76 bits per heavy atom. The Kier molecular flexibility index (Phi) is 2.79. The summed E-state index contributed by atoms with van der Waals surface area (Å²) in [6, 6.07) is 14.5. The molecule has 0 fully saturated rings. The Morgan fingerprint density at radius 1 is 0.952 bits per heavy atom. The molecule has 0 spiro atoms. The number of aryl methyl sites for hydroxylation is 1. The molecule has 2 aromatic carbocycles. The first kappa shape index (κ1) is 12.2. The molecule has 0 radical (unpaired) electrons. The van der Waals surface area contributed by atoms with Gasteiger partial charge in [0.25, 0.3) is 0 Å². The summed E-state index contributed by atoms with van der Waals surface area (Å²) in [6.07, 6.45) is 1.73. The van der Waals surface area contributed by atoms with Crippen molar-refractivity contribution in [2.24, 2.45) is 0 Å². The zero-order chi connectivity index (χ0) is 14.2. The van der Waals surface area contributed by atoms with Crippen LogP contribution in [0.15, 0.2) is 48.8 Å². The maximum absolute atomic E-state index is 4.48. The molecule has 0 saturated carbocycles. The smallest absolute Gasteiger partial charge is 0.105 e. The van der Waals surface area contributed by atoms with Gasteiger partial charge in [-0.05, 0) is 25.1 Å². The third-order valence-electron chi connectivity index (χ3n) is 3.47. The van der Waals surface area contributed by atoms with Crippen molar-refractivity contribution < 1.29 is 0 Å². The standard InChI is InChI=1S/C16H12N4S/c1-10-3-2-4-11(7-10)15-16(18-9-17-15)12-5-6-13-14(8-12)20-21-19-13/h2-9H,1H3,(H,17,18). The number of aromatic amines is 1. The SMILES string of the molecule is Cc1cccc(-c2nc[nH]c2-c2ccc3nsnc3c2)c1. The van der Waals surface area contributed by atoms with E-state index in [1.807, 2.05) is 12.1 Å². The van der Waals surface area contributed by atoms with Crippen LogP contribution in [-0.4, -0.2) is 18.7 Å². The van der Waals surface area contributed by atoms with E-state index < -0.39 is 0 Å². The Labute approximate surface area is 125 Å². The summed E-state index contributed by atoms with van der Waals surface area (Å²) in [4.78, 5) is 7.72. The molecule has 4 nitrogen and oxygen atoms in total. The van der Waals surface area contributed by atoms with Crippen LogP contribution in [0.1, 0.15) is 5.56 Å². The summed E-state index contributed by atoms with van der Waals surface area (Å²) < 4.78 is 8.54. The highest BCUT2D eigenvalue weighted by atomic mass is 32.1. The van der Waals surface area contributed by atoms with Crippen molar-refractivity contribution in [1.82, 2.24) is 18.7 Å². The summed E-state index contributed by atoms with van der Waals surface area (Å²) in [5, 5.41) is 0. The maximum Gasteiger partial charge on any atom is 0.105 e. The van der Waals surface area contributed by atoms with Gasteiger partial charge in [-0.15, -0.1) is 0 Å². The fraction of sp³-hybridized carbons (Fsp3) is 0.0625. The van der Waals surface area contributed by atoms with Crippen molar-refractivity contribution in [3.05, 3.63) is 54.4 Å². The molecule has 0 atom stereocenters. The van der Waals surface area contributed by atoms with E-state index in [0.717, 1.165) is 33.5 Å². The summed E-state index contributed by atoms with van der Waals surface area (Å²) in [6.45, 7) is 2.09.